The molecule has 0 aromatic rings. The van der Waals surface area contributed by atoms with E-state index in [9.17, 15) is 0 Å². The lowest BCUT2D eigenvalue weighted by atomic mass is 9.81. The monoisotopic (exact) mass is 238 g/mol. The fraction of sp³-hybridized carbons (Fsp3) is 1.00. The SMILES string of the molecule is CC1CCC(CCNC2CCN(C)CC2)CC1. The van der Waals surface area contributed by atoms with Crippen LogP contribution in [0.15, 0.2) is 0 Å². The van der Waals surface area contributed by atoms with Crippen molar-refractivity contribution in [2.75, 3.05) is 26.7 Å². The van der Waals surface area contributed by atoms with Crippen LogP contribution in [0.25, 0.3) is 0 Å². The molecule has 1 saturated heterocycles. The highest BCUT2D eigenvalue weighted by Gasteiger charge is 2.19. The summed E-state index contributed by atoms with van der Waals surface area (Å²) in [6.45, 7) is 6.22. The Morgan fingerprint density at radius 1 is 1.00 bits per heavy atom. The van der Waals surface area contributed by atoms with Gasteiger partial charge >= 0.3 is 0 Å². The second-order valence-electron chi connectivity index (χ2n) is 6.45. The molecule has 0 bridgehead atoms. The number of piperidine rings is 1. The van der Waals surface area contributed by atoms with Crippen LogP contribution >= 0.6 is 0 Å². The lowest BCUT2D eigenvalue weighted by molar-refractivity contribution is 0.226. The molecular weight excluding hydrogens is 208 g/mol. The van der Waals surface area contributed by atoms with Crippen molar-refractivity contribution in [2.24, 2.45) is 11.8 Å². The second kappa shape index (κ2) is 6.75. The van der Waals surface area contributed by atoms with E-state index in [1.165, 1.54) is 64.6 Å². The molecule has 1 N–H and O–H groups in total. The topological polar surface area (TPSA) is 15.3 Å². The summed E-state index contributed by atoms with van der Waals surface area (Å²) in [6, 6.07) is 0.800. The molecule has 2 heteroatoms. The Hall–Kier alpha value is -0.0800. The summed E-state index contributed by atoms with van der Waals surface area (Å²) in [4.78, 5) is 2.45. The van der Waals surface area contributed by atoms with E-state index >= 15 is 0 Å². The molecule has 0 aromatic carbocycles. The third kappa shape index (κ3) is 4.59. The molecule has 2 nitrogen and oxygen atoms in total. The Morgan fingerprint density at radius 2 is 1.65 bits per heavy atom. The zero-order chi connectivity index (χ0) is 12.1. The van der Waals surface area contributed by atoms with Gasteiger partial charge in [0, 0.05) is 6.04 Å². The summed E-state index contributed by atoms with van der Waals surface area (Å²) in [6.07, 6.45) is 10.0. The lowest BCUT2D eigenvalue weighted by Crippen LogP contribution is -2.41. The molecule has 1 aliphatic heterocycles. The zero-order valence-electron chi connectivity index (χ0n) is 11.8. The molecule has 2 rings (SSSR count). The van der Waals surface area contributed by atoms with Crippen molar-refractivity contribution >= 4 is 0 Å². The number of nitrogens with one attached hydrogen (secondary N) is 1. The van der Waals surface area contributed by atoms with Gasteiger partial charge in [-0.2, -0.15) is 0 Å². The Kier molecular flexibility index (Phi) is 5.30. The van der Waals surface area contributed by atoms with Crippen molar-refractivity contribution in [3.05, 3.63) is 0 Å². The van der Waals surface area contributed by atoms with E-state index in [1.54, 1.807) is 0 Å². The first kappa shape index (κ1) is 13.4. The van der Waals surface area contributed by atoms with Gasteiger partial charge < -0.3 is 10.2 Å². The molecule has 2 fully saturated rings. The van der Waals surface area contributed by atoms with Gasteiger partial charge in [0.25, 0.3) is 0 Å². The van der Waals surface area contributed by atoms with E-state index in [1.807, 2.05) is 0 Å². The van der Waals surface area contributed by atoms with Crippen molar-refractivity contribution in [2.45, 2.75) is 57.9 Å². The van der Waals surface area contributed by atoms with Gasteiger partial charge in [0.2, 0.25) is 0 Å². The van der Waals surface area contributed by atoms with Crippen molar-refractivity contribution in [1.82, 2.24) is 10.2 Å². The minimum Gasteiger partial charge on any atom is -0.314 e. The average Bonchev–Trinajstić information content (AvgIpc) is 2.34. The molecule has 0 spiro atoms. The van der Waals surface area contributed by atoms with Crippen LogP contribution in [0, 0.1) is 11.8 Å². The van der Waals surface area contributed by atoms with Gasteiger partial charge in [-0.1, -0.05) is 32.6 Å². The zero-order valence-corrected chi connectivity index (χ0v) is 11.8. The summed E-state index contributed by atoms with van der Waals surface area (Å²) in [5, 5.41) is 3.77. The van der Waals surface area contributed by atoms with Crippen LogP contribution in [-0.2, 0) is 0 Å². The Morgan fingerprint density at radius 3 is 2.29 bits per heavy atom. The van der Waals surface area contributed by atoms with E-state index in [0.717, 1.165) is 17.9 Å². The largest absolute Gasteiger partial charge is 0.314 e. The van der Waals surface area contributed by atoms with Crippen molar-refractivity contribution < 1.29 is 0 Å². The maximum Gasteiger partial charge on any atom is 0.00914 e. The minimum atomic E-state index is 0.800. The number of nitrogens with zero attached hydrogens (tertiary/aromatic N) is 1. The van der Waals surface area contributed by atoms with Crippen molar-refractivity contribution in [3.63, 3.8) is 0 Å². The summed E-state index contributed by atoms with van der Waals surface area (Å²) in [5.41, 5.74) is 0. The van der Waals surface area contributed by atoms with E-state index < -0.39 is 0 Å². The molecule has 17 heavy (non-hydrogen) atoms. The predicted molar refractivity (Wildman–Crippen MR) is 74.3 cm³/mol. The molecule has 1 heterocycles. The quantitative estimate of drug-likeness (QED) is 0.810. The van der Waals surface area contributed by atoms with Crippen molar-refractivity contribution in [3.8, 4) is 0 Å². The summed E-state index contributed by atoms with van der Waals surface area (Å²) in [7, 11) is 2.24. The second-order valence-corrected chi connectivity index (χ2v) is 6.45. The average molecular weight is 238 g/mol. The molecule has 1 saturated carbocycles. The highest BCUT2D eigenvalue weighted by molar-refractivity contribution is 4.77. The van der Waals surface area contributed by atoms with E-state index in [-0.39, 0.29) is 0 Å². The molecule has 0 aromatic heterocycles. The van der Waals surface area contributed by atoms with Gasteiger partial charge in [0.15, 0.2) is 0 Å². The molecule has 0 radical (unpaired) electrons. The third-order valence-corrected chi connectivity index (χ3v) is 4.84. The van der Waals surface area contributed by atoms with Crippen LogP contribution in [0.3, 0.4) is 0 Å². The van der Waals surface area contributed by atoms with Crippen LogP contribution < -0.4 is 5.32 Å². The Balaban J connectivity index is 1.54. The molecule has 0 unspecified atom stereocenters. The molecule has 2 aliphatic rings. The first-order valence-corrected chi connectivity index (χ1v) is 7.66. The van der Waals surface area contributed by atoms with Crippen LogP contribution in [0.5, 0.6) is 0 Å². The molecular formula is C15H30N2. The summed E-state index contributed by atoms with van der Waals surface area (Å²) in [5.74, 6) is 2.01. The molecule has 100 valence electrons. The van der Waals surface area contributed by atoms with Gasteiger partial charge in [-0.15, -0.1) is 0 Å². The summed E-state index contributed by atoms with van der Waals surface area (Å²) < 4.78 is 0. The highest BCUT2D eigenvalue weighted by Crippen LogP contribution is 2.30. The third-order valence-electron chi connectivity index (χ3n) is 4.84. The Bertz CT molecular complexity index is 179. The minimum absolute atomic E-state index is 0.800. The van der Waals surface area contributed by atoms with Gasteiger partial charge in [-0.05, 0) is 57.8 Å². The number of hydrogen-bond donors (Lipinski definition) is 1. The number of hydrogen-bond acceptors (Lipinski definition) is 2. The fourth-order valence-corrected chi connectivity index (χ4v) is 3.32. The maximum absolute atomic E-state index is 3.77. The van der Waals surface area contributed by atoms with Crippen LogP contribution in [-0.4, -0.2) is 37.6 Å². The lowest BCUT2D eigenvalue weighted by Gasteiger charge is -2.31. The first-order chi connectivity index (χ1) is 8.24. The maximum atomic E-state index is 3.77. The standard InChI is InChI=1S/C15H30N2/c1-13-3-5-14(6-4-13)7-10-16-15-8-11-17(2)12-9-15/h13-16H,3-12H2,1-2H3. The van der Waals surface area contributed by atoms with E-state index in [4.69, 9.17) is 0 Å². The summed E-state index contributed by atoms with van der Waals surface area (Å²) >= 11 is 0. The van der Waals surface area contributed by atoms with Crippen molar-refractivity contribution in [1.29, 1.82) is 0 Å². The number of likely N-dealkylation sites (tertiary alicyclic amines) is 1. The highest BCUT2D eigenvalue weighted by atomic mass is 15.1. The predicted octanol–water partition coefficient (Wildman–Crippen LogP) is 2.89. The van der Waals surface area contributed by atoms with Gasteiger partial charge in [-0.25, -0.2) is 0 Å². The Labute approximate surface area is 107 Å². The van der Waals surface area contributed by atoms with Crippen LogP contribution in [0.2, 0.25) is 0 Å². The molecule has 1 aliphatic carbocycles. The van der Waals surface area contributed by atoms with Gasteiger partial charge in [-0.3, -0.25) is 0 Å². The fourth-order valence-electron chi connectivity index (χ4n) is 3.32. The van der Waals surface area contributed by atoms with Crippen LogP contribution in [0.4, 0.5) is 0 Å². The van der Waals surface area contributed by atoms with E-state index in [2.05, 4.69) is 24.2 Å². The van der Waals surface area contributed by atoms with E-state index in [0.29, 0.717) is 0 Å². The van der Waals surface area contributed by atoms with Gasteiger partial charge in [0.05, 0.1) is 0 Å². The number of rotatable bonds is 4. The molecule has 0 amide bonds. The van der Waals surface area contributed by atoms with Gasteiger partial charge in [0.1, 0.15) is 0 Å². The smallest absolute Gasteiger partial charge is 0.00914 e. The normalized spacial score (nSPS) is 32.8. The van der Waals surface area contributed by atoms with Crippen LogP contribution in [0.1, 0.15) is 51.9 Å². The molecule has 0 atom stereocenters. The first-order valence-electron chi connectivity index (χ1n) is 7.66.